The molecular weight excluding hydrogens is 404 g/mol. The Morgan fingerprint density at radius 1 is 1.12 bits per heavy atom. The van der Waals surface area contributed by atoms with Gasteiger partial charge in [0.1, 0.15) is 5.75 Å². The van der Waals surface area contributed by atoms with Gasteiger partial charge < -0.3 is 10.1 Å². The predicted molar refractivity (Wildman–Crippen MR) is 120 cm³/mol. The van der Waals surface area contributed by atoms with E-state index in [-0.39, 0.29) is 17.7 Å². The van der Waals surface area contributed by atoms with Gasteiger partial charge in [-0.3, -0.25) is 9.78 Å². The van der Waals surface area contributed by atoms with Crippen molar-refractivity contribution in [2.24, 2.45) is 5.92 Å². The molecule has 4 aromatic rings. The van der Waals surface area contributed by atoms with E-state index in [0.717, 1.165) is 23.1 Å². The van der Waals surface area contributed by atoms with Gasteiger partial charge in [0.15, 0.2) is 5.82 Å². The molecule has 0 radical (unpaired) electrons. The number of hydrogen-bond acceptors (Lipinski definition) is 6. The van der Waals surface area contributed by atoms with Crippen LogP contribution in [0.25, 0.3) is 22.5 Å². The molecule has 2 aromatic carbocycles. The van der Waals surface area contributed by atoms with Crippen LogP contribution in [-0.2, 0) is 4.79 Å². The topological polar surface area (TPSA) is 106 Å². The van der Waals surface area contributed by atoms with Gasteiger partial charge in [-0.25, -0.2) is 5.10 Å². The largest absolute Gasteiger partial charge is 0.495 e. The molecular formula is C24H22N6O2. The van der Waals surface area contributed by atoms with Crippen LogP contribution >= 0.6 is 0 Å². The van der Waals surface area contributed by atoms with E-state index >= 15 is 0 Å². The van der Waals surface area contributed by atoms with E-state index in [4.69, 9.17) is 4.74 Å². The number of aromatic amines is 1. The third-order valence-electron chi connectivity index (χ3n) is 5.74. The van der Waals surface area contributed by atoms with E-state index < -0.39 is 0 Å². The summed E-state index contributed by atoms with van der Waals surface area (Å²) in [5.74, 6) is 1.43. The molecule has 0 bridgehead atoms. The van der Waals surface area contributed by atoms with E-state index in [1.54, 1.807) is 19.5 Å². The Hall–Kier alpha value is -4.07. The highest BCUT2D eigenvalue weighted by molar-refractivity contribution is 5.96. The monoisotopic (exact) mass is 426 g/mol. The molecule has 1 saturated carbocycles. The highest BCUT2D eigenvalue weighted by Crippen LogP contribution is 2.48. The lowest BCUT2D eigenvalue weighted by atomic mass is 9.99. The average Bonchev–Trinajstić information content (AvgIpc) is 3.44. The lowest BCUT2D eigenvalue weighted by Gasteiger charge is -2.12. The number of methoxy groups -OCH3 is 1. The van der Waals surface area contributed by atoms with Crippen molar-refractivity contribution < 1.29 is 9.53 Å². The van der Waals surface area contributed by atoms with Gasteiger partial charge in [0.25, 0.3) is 0 Å². The van der Waals surface area contributed by atoms with Gasteiger partial charge >= 0.3 is 0 Å². The van der Waals surface area contributed by atoms with Gasteiger partial charge in [-0.15, -0.1) is 5.10 Å². The van der Waals surface area contributed by atoms with E-state index in [1.807, 2.05) is 30.3 Å². The maximum absolute atomic E-state index is 12.9. The Balaban J connectivity index is 1.41. The number of tetrazole rings is 1. The normalized spacial score (nSPS) is 17.1. The number of carbonyl (C=O) groups is 1. The van der Waals surface area contributed by atoms with Gasteiger partial charge in [-0.2, -0.15) is 0 Å². The second-order valence-electron chi connectivity index (χ2n) is 7.98. The number of ether oxygens (including phenoxy) is 1. The maximum Gasteiger partial charge on any atom is 0.228 e. The van der Waals surface area contributed by atoms with E-state index in [9.17, 15) is 4.79 Å². The number of nitrogens with zero attached hydrogens (tertiary/aromatic N) is 4. The number of aromatic nitrogens is 5. The fourth-order valence-electron chi connectivity index (χ4n) is 4.01. The molecule has 0 aliphatic heterocycles. The first-order valence-electron chi connectivity index (χ1n) is 10.4. The van der Waals surface area contributed by atoms with Crippen molar-refractivity contribution in [3.8, 4) is 28.3 Å². The van der Waals surface area contributed by atoms with Gasteiger partial charge in [0.2, 0.25) is 5.91 Å². The molecule has 0 spiro atoms. The van der Waals surface area contributed by atoms with E-state index in [1.165, 1.54) is 11.1 Å². The molecule has 1 aliphatic rings. The summed E-state index contributed by atoms with van der Waals surface area (Å²) in [6.07, 6.45) is 4.26. The Kier molecular flexibility index (Phi) is 5.10. The van der Waals surface area contributed by atoms with Crippen LogP contribution in [0.1, 0.15) is 23.5 Å². The number of H-pyrrole nitrogens is 1. The molecule has 2 atom stereocenters. The third-order valence-corrected chi connectivity index (χ3v) is 5.74. The average molecular weight is 426 g/mol. The summed E-state index contributed by atoms with van der Waals surface area (Å²) in [7, 11) is 1.60. The van der Waals surface area contributed by atoms with Crippen LogP contribution in [0.15, 0.2) is 60.9 Å². The van der Waals surface area contributed by atoms with Crippen LogP contribution in [0.2, 0.25) is 0 Å². The molecule has 1 amide bonds. The number of hydrogen-bond donors (Lipinski definition) is 2. The van der Waals surface area contributed by atoms with Crippen molar-refractivity contribution in [1.82, 2.24) is 25.6 Å². The van der Waals surface area contributed by atoms with Crippen molar-refractivity contribution in [3.63, 3.8) is 0 Å². The van der Waals surface area contributed by atoms with E-state index in [2.05, 4.69) is 56.0 Å². The van der Waals surface area contributed by atoms with Crippen molar-refractivity contribution >= 4 is 11.6 Å². The lowest BCUT2D eigenvalue weighted by molar-refractivity contribution is -0.117. The Labute approximate surface area is 185 Å². The highest BCUT2D eigenvalue weighted by atomic mass is 16.5. The molecule has 1 aliphatic carbocycles. The molecule has 1 fully saturated rings. The molecule has 8 heteroatoms. The predicted octanol–water partition coefficient (Wildman–Crippen LogP) is 3.99. The third kappa shape index (κ3) is 3.94. The summed E-state index contributed by atoms with van der Waals surface area (Å²) in [5, 5.41) is 17.3. The second kappa shape index (κ2) is 8.22. The van der Waals surface area contributed by atoms with Crippen LogP contribution in [0.4, 0.5) is 5.69 Å². The zero-order chi connectivity index (χ0) is 22.1. The zero-order valence-corrected chi connectivity index (χ0v) is 17.7. The van der Waals surface area contributed by atoms with Crippen molar-refractivity contribution in [2.45, 2.75) is 19.3 Å². The minimum absolute atomic E-state index is 0.0190. The highest BCUT2D eigenvalue weighted by Gasteiger charge is 2.43. The number of nitrogens with one attached hydrogen (secondary N) is 2. The van der Waals surface area contributed by atoms with Gasteiger partial charge in [-0.1, -0.05) is 35.9 Å². The van der Waals surface area contributed by atoms with Gasteiger partial charge in [-0.05, 0) is 59.0 Å². The minimum Gasteiger partial charge on any atom is -0.495 e. The Morgan fingerprint density at radius 2 is 2.03 bits per heavy atom. The summed E-state index contributed by atoms with van der Waals surface area (Å²) in [4.78, 5) is 17.1. The standard InChI is InChI=1S/C24H22N6O2/c1-14-4-3-5-15(8-14)20-11-22(20)24(31)26-17-6-7-19(16-9-18(32-2)13-25-12-16)21(10-17)23-27-29-30-28-23/h3-10,12-13,20,22H,11H2,1-2H3,(H,26,31)(H,27,28,29,30). The summed E-state index contributed by atoms with van der Waals surface area (Å²) in [6, 6.07) is 15.9. The minimum atomic E-state index is -0.0190. The molecule has 32 heavy (non-hydrogen) atoms. The summed E-state index contributed by atoms with van der Waals surface area (Å²) >= 11 is 0. The second-order valence-corrected chi connectivity index (χ2v) is 7.98. The smallest absolute Gasteiger partial charge is 0.228 e. The number of amides is 1. The zero-order valence-electron chi connectivity index (χ0n) is 17.7. The van der Waals surface area contributed by atoms with Crippen molar-refractivity contribution in [2.75, 3.05) is 12.4 Å². The quantitative estimate of drug-likeness (QED) is 0.483. The first-order chi connectivity index (χ1) is 15.6. The van der Waals surface area contributed by atoms with Gasteiger partial charge in [0, 0.05) is 28.9 Å². The fraction of sp³-hybridized carbons (Fsp3) is 0.208. The van der Waals surface area contributed by atoms with Crippen LogP contribution < -0.4 is 10.1 Å². The number of benzene rings is 2. The molecule has 2 unspecified atom stereocenters. The fourth-order valence-corrected chi connectivity index (χ4v) is 4.01. The Morgan fingerprint density at radius 3 is 2.81 bits per heavy atom. The van der Waals surface area contributed by atoms with Crippen LogP contribution in [0.3, 0.4) is 0 Å². The van der Waals surface area contributed by atoms with Crippen LogP contribution in [0.5, 0.6) is 5.75 Å². The Bertz CT molecular complexity index is 1270. The van der Waals surface area contributed by atoms with Gasteiger partial charge in [0.05, 0.1) is 13.3 Å². The van der Waals surface area contributed by atoms with E-state index in [0.29, 0.717) is 17.3 Å². The molecule has 8 nitrogen and oxygen atoms in total. The van der Waals surface area contributed by atoms with Crippen molar-refractivity contribution in [1.29, 1.82) is 0 Å². The molecule has 160 valence electrons. The molecule has 2 aromatic heterocycles. The first kappa shape index (κ1) is 19.9. The molecule has 2 N–H and O–H groups in total. The van der Waals surface area contributed by atoms with Crippen LogP contribution in [0, 0.1) is 12.8 Å². The van der Waals surface area contributed by atoms with Crippen LogP contribution in [-0.4, -0.2) is 38.6 Å². The molecule has 2 heterocycles. The number of rotatable bonds is 6. The number of pyridine rings is 1. The SMILES string of the molecule is COc1cncc(-c2ccc(NC(=O)C3CC3c3cccc(C)c3)cc2-c2nnn[nH]2)c1. The molecule has 5 rings (SSSR count). The number of aryl methyl sites for hydroxylation is 1. The summed E-state index contributed by atoms with van der Waals surface area (Å²) in [6.45, 7) is 2.07. The maximum atomic E-state index is 12.9. The number of carbonyl (C=O) groups excluding carboxylic acids is 1. The molecule has 0 saturated heterocycles. The summed E-state index contributed by atoms with van der Waals surface area (Å²) in [5.41, 5.74) is 5.61. The van der Waals surface area contributed by atoms with Crippen molar-refractivity contribution in [3.05, 3.63) is 72.1 Å². The first-order valence-corrected chi connectivity index (χ1v) is 10.4. The number of anilines is 1. The lowest BCUT2D eigenvalue weighted by Crippen LogP contribution is -2.14. The summed E-state index contributed by atoms with van der Waals surface area (Å²) < 4.78 is 5.30.